The fraction of sp³-hybridized carbons (Fsp3) is 0.174. The van der Waals surface area contributed by atoms with E-state index in [1.54, 1.807) is 41.1 Å². The summed E-state index contributed by atoms with van der Waals surface area (Å²) in [4.78, 5) is 12.8. The summed E-state index contributed by atoms with van der Waals surface area (Å²) in [6.45, 7) is 2.42. The Morgan fingerprint density at radius 1 is 0.780 bits per heavy atom. The highest BCUT2D eigenvalue weighted by atomic mass is 32.2. The molecule has 0 spiro atoms. The Balaban J connectivity index is 0.921. The van der Waals surface area contributed by atoms with Crippen LogP contribution in [-0.4, -0.2) is 48.3 Å². The van der Waals surface area contributed by atoms with Gasteiger partial charge in [-0.05, 0) is 105 Å². The third kappa shape index (κ3) is 9.79. The second-order valence-electron chi connectivity index (χ2n) is 14.1. The number of tetrazole rings is 1. The Kier molecular flexibility index (Phi) is 12.3. The number of aliphatic hydroxyl groups is 1. The van der Waals surface area contributed by atoms with Crippen LogP contribution in [0.3, 0.4) is 0 Å². The van der Waals surface area contributed by atoms with E-state index in [0.29, 0.717) is 28.9 Å². The van der Waals surface area contributed by atoms with Crippen LogP contribution in [-0.2, 0) is 22.6 Å². The van der Waals surface area contributed by atoms with Crippen LogP contribution in [0.5, 0.6) is 17.2 Å². The Morgan fingerprint density at radius 2 is 1.51 bits per heavy atom. The number of ether oxygens (including phenoxy) is 3. The number of phenols is 1. The van der Waals surface area contributed by atoms with E-state index >= 15 is 0 Å². The molecule has 0 bridgehead atoms. The van der Waals surface area contributed by atoms with E-state index in [4.69, 9.17) is 14.2 Å². The van der Waals surface area contributed by atoms with Gasteiger partial charge in [0.15, 0.2) is 6.29 Å². The van der Waals surface area contributed by atoms with Gasteiger partial charge in [0.1, 0.15) is 17.2 Å². The van der Waals surface area contributed by atoms with Crippen molar-refractivity contribution in [1.29, 1.82) is 0 Å². The van der Waals surface area contributed by atoms with Gasteiger partial charge in [-0.2, -0.15) is 4.68 Å². The molecule has 1 aromatic heterocycles. The fourth-order valence-electron chi connectivity index (χ4n) is 6.77. The van der Waals surface area contributed by atoms with Crippen molar-refractivity contribution in [3.05, 3.63) is 174 Å². The number of thioether (sulfide) groups is 1. The third-order valence-corrected chi connectivity index (χ3v) is 11.0. The maximum absolute atomic E-state index is 12.8. The molecule has 2 amide bonds. The number of anilines is 1. The Labute approximate surface area is 345 Å². The van der Waals surface area contributed by atoms with Crippen LogP contribution in [0, 0.1) is 5.92 Å². The van der Waals surface area contributed by atoms with Gasteiger partial charge < -0.3 is 35.1 Å². The second kappa shape index (κ2) is 18.4. The molecule has 0 radical (unpaired) electrons. The van der Waals surface area contributed by atoms with Crippen molar-refractivity contribution in [3.63, 3.8) is 0 Å². The number of hydrogen-bond donors (Lipinski definition) is 4. The number of para-hydroxylation sites is 1. The summed E-state index contributed by atoms with van der Waals surface area (Å²) in [6, 6.07) is 47.2. The molecule has 2 heterocycles. The number of carbonyl (C=O) groups excluding carboxylic acids is 1. The average molecular weight is 807 g/mol. The largest absolute Gasteiger partial charge is 0.508 e. The van der Waals surface area contributed by atoms with Crippen molar-refractivity contribution in [2.75, 3.05) is 11.1 Å². The first kappa shape index (κ1) is 39.3. The van der Waals surface area contributed by atoms with Gasteiger partial charge in [0.05, 0.1) is 24.5 Å². The second-order valence-corrected chi connectivity index (χ2v) is 15.1. The SMILES string of the molecule is C[C@H]1[C@@H](CSc2nnnn2-c2ccc(O)cc2)O[C@@H](c2ccc(-c3cccc(CNC(=O)Nc4ccc(Oc5ccccc5)cc4)c3)cc2)O[C@H]1c1ccc(CO)cc1. The number of aromatic nitrogens is 4. The van der Waals surface area contributed by atoms with Gasteiger partial charge in [-0.3, -0.25) is 0 Å². The highest BCUT2D eigenvalue weighted by molar-refractivity contribution is 7.99. The number of carbonyl (C=O) groups is 1. The lowest BCUT2D eigenvalue weighted by atomic mass is 9.91. The van der Waals surface area contributed by atoms with Crippen LogP contribution >= 0.6 is 11.8 Å². The molecule has 298 valence electrons. The molecular formula is C46H42N6O6S. The van der Waals surface area contributed by atoms with Crippen molar-refractivity contribution < 1.29 is 29.2 Å². The number of benzene rings is 6. The molecule has 1 aliphatic heterocycles. The molecule has 0 saturated carbocycles. The smallest absolute Gasteiger partial charge is 0.319 e. The number of rotatable bonds is 13. The monoisotopic (exact) mass is 806 g/mol. The molecule has 1 fully saturated rings. The van der Waals surface area contributed by atoms with Crippen molar-refractivity contribution >= 4 is 23.5 Å². The normalized spacial score (nSPS) is 17.6. The van der Waals surface area contributed by atoms with Crippen molar-refractivity contribution in [3.8, 4) is 34.1 Å². The van der Waals surface area contributed by atoms with Gasteiger partial charge in [0.25, 0.3) is 0 Å². The summed E-state index contributed by atoms with van der Waals surface area (Å²) in [6.07, 6.45) is -1.17. The maximum Gasteiger partial charge on any atom is 0.319 e. The van der Waals surface area contributed by atoms with Gasteiger partial charge >= 0.3 is 6.03 Å². The molecule has 7 aromatic rings. The molecule has 1 saturated heterocycles. The fourth-order valence-corrected chi connectivity index (χ4v) is 7.83. The van der Waals surface area contributed by atoms with E-state index in [9.17, 15) is 15.0 Å². The Morgan fingerprint density at radius 3 is 2.25 bits per heavy atom. The molecule has 8 rings (SSSR count). The lowest BCUT2D eigenvalue weighted by Gasteiger charge is -2.41. The first-order valence-electron chi connectivity index (χ1n) is 19.2. The molecule has 12 nitrogen and oxygen atoms in total. The molecule has 13 heteroatoms. The number of aliphatic hydroxyl groups excluding tert-OH is 1. The minimum Gasteiger partial charge on any atom is -0.508 e. The van der Waals surface area contributed by atoms with Crippen LogP contribution < -0.4 is 15.4 Å². The minimum atomic E-state index is -0.650. The molecule has 4 atom stereocenters. The van der Waals surface area contributed by atoms with Gasteiger partial charge in [-0.25, -0.2) is 4.79 Å². The highest BCUT2D eigenvalue weighted by Gasteiger charge is 2.38. The molecule has 4 N–H and O–H groups in total. The number of phenolic OH excluding ortho intramolecular Hbond substituents is 1. The number of urea groups is 1. The van der Waals surface area contributed by atoms with Crippen molar-refractivity contribution in [2.24, 2.45) is 5.92 Å². The Hall–Kier alpha value is -6.51. The van der Waals surface area contributed by atoms with E-state index in [0.717, 1.165) is 44.8 Å². The zero-order valence-corrected chi connectivity index (χ0v) is 32.9. The number of nitrogens with one attached hydrogen (secondary N) is 2. The van der Waals surface area contributed by atoms with E-state index < -0.39 is 6.29 Å². The number of aromatic hydroxyl groups is 1. The predicted octanol–water partition coefficient (Wildman–Crippen LogP) is 9.22. The third-order valence-electron chi connectivity index (χ3n) is 10.0. The van der Waals surface area contributed by atoms with Gasteiger partial charge in [0, 0.05) is 29.5 Å². The molecular weight excluding hydrogens is 765 g/mol. The number of hydrogen-bond acceptors (Lipinski definition) is 10. The molecule has 6 aromatic carbocycles. The van der Waals surface area contributed by atoms with Crippen molar-refractivity contribution in [1.82, 2.24) is 25.5 Å². The molecule has 0 aliphatic carbocycles. The van der Waals surface area contributed by atoms with Crippen molar-refractivity contribution in [2.45, 2.75) is 43.7 Å². The van der Waals surface area contributed by atoms with Crippen LogP contribution in [0.1, 0.15) is 41.6 Å². The van der Waals surface area contributed by atoms with E-state index in [1.165, 1.54) is 11.8 Å². The quantitative estimate of drug-likeness (QED) is 0.0830. The lowest BCUT2D eigenvalue weighted by molar-refractivity contribution is -0.268. The first-order chi connectivity index (χ1) is 28.9. The highest BCUT2D eigenvalue weighted by Crippen LogP contribution is 2.43. The summed E-state index contributed by atoms with van der Waals surface area (Å²) >= 11 is 1.49. The van der Waals surface area contributed by atoms with Gasteiger partial charge in [-0.15, -0.1) is 5.10 Å². The van der Waals surface area contributed by atoms with E-state index in [-0.39, 0.29) is 36.5 Å². The Bertz CT molecular complexity index is 2450. The standard InChI is InChI=1S/C46H42N6O6S/c1-30-42(29-59-46-49-50-51-52(46)38-20-22-39(54)23-21-38)57-44(58-43(30)34-12-10-31(28-53)11-13-34)35-16-14-33(15-17-35)36-7-5-6-32(26-36)27-47-45(55)48-37-18-24-41(25-19-37)56-40-8-3-2-4-9-40/h2-26,30,42-44,53-54H,27-29H2,1H3,(H2,47,48,55)/t30-,42+,43+,44+/m0/s1. The van der Waals surface area contributed by atoms with Crippen LogP contribution in [0.4, 0.5) is 10.5 Å². The average Bonchev–Trinajstić information content (AvgIpc) is 3.75. The molecule has 1 aliphatic rings. The number of amides is 2. The van der Waals surface area contributed by atoms with Crippen LogP contribution in [0.2, 0.25) is 0 Å². The zero-order chi connectivity index (χ0) is 40.6. The summed E-state index contributed by atoms with van der Waals surface area (Å²) < 4.78 is 20.9. The van der Waals surface area contributed by atoms with Crippen LogP contribution in [0.25, 0.3) is 16.8 Å². The molecule has 0 unspecified atom stereocenters. The van der Waals surface area contributed by atoms with E-state index in [2.05, 4.69) is 39.1 Å². The van der Waals surface area contributed by atoms with Gasteiger partial charge in [0.2, 0.25) is 5.16 Å². The summed E-state index contributed by atoms with van der Waals surface area (Å²) in [5, 5.41) is 38.2. The minimum absolute atomic E-state index is 0.0329. The van der Waals surface area contributed by atoms with Gasteiger partial charge in [-0.1, -0.05) is 104 Å². The molecule has 59 heavy (non-hydrogen) atoms. The maximum atomic E-state index is 12.8. The summed E-state index contributed by atoms with van der Waals surface area (Å²) in [7, 11) is 0. The van der Waals surface area contributed by atoms with E-state index in [1.807, 2.05) is 109 Å². The zero-order valence-electron chi connectivity index (χ0n) is 32.1. The summed E-state index contributed by atoms with van der Waals surface area (Å²) in [5.74, 6) is 2.10. The number of nitrogens with zero attached hydrogens (tertiary/aromatic N) is 4. The first-order valence-corrected chi connectivity index (χ1v) is 20.2. The lowest BCUT2D eigenvalue weighted by Crippen LogP contribution is -2.38. The summed E-state index contributed by atoms with van der Waals surface area (Å²) in [5.41, 5.74) is 7.04. The predicted molar refractivity (Wildman–Crippen MR) is 225 cm³/mol. The topological polar surface area (TPSA) is 153 Å². The van der Waals surface area contributed by atoms with Crippen LogP contribution in [0.15, 0.2) is 157 Å².